The van der Waals surface area contributed by atoms with Crippen molar-refractivity contribution >= 4 is 10.8 Å². The lowest BCUT2D eigenvalue weighted by Gasteiger charge is -2.09. The van der Waals surface area contributed by atoms with Gasteiger partial charge in [0.25, 0.3) is 0 Å². The molecule has 2 atom stereocenters. The van der Waals surface area contributed by atoms with E-state index in [0.717, 1.165) is 0 Å². The Labute approximate surface area is 64.7 Å². The van der Waals surface area contributed by atoms with E-state index in [9.17, 15) is 4.21 Å². The maximum Gasteiger partial charge on any atom is 0.0668 e. The van der Waals surface area contributed by atoms with Crippen LogP contribution in [0.25, 0.3) is 0 Å². The molecule has 0 saturated heterocycles. The van der Waals surface area contributed by atoms with Crippen molar-refractivity contribution in [3.8, 4) is 6.07 Å². The summed E-state index contributed by atoms with van der Waals surface area (Å²) in [5.41, 5.74) is 0. The molecule has 2 unspecified atom stereocenters. The highest BCUT2D eigenvalue weighted by Gasteiger charge is 2.13. The topological polar surface area (TPSA) is 40.9 Å². The van der Waals surface area contributed by atoms with E-state index in [1.807, 2.05) is 13.8 Å². The fraction of sp³-hybridized carbons (Fsp3) is 0.857. The molecule has 0 bridgehead atoms. The summed E-state index contributed by atoms with van der Waals surface area (Å²) in [6.07, 6.45) is 1.63. The van der Waals surface area contributed by atoms with E-state index in [4.69, 9.17) is 5.26 Å². The van der Waals surface area contributed by atoms with Crippen molar-refractivity contribution in [2.45, 2.75) is 13.8 Å². The molecule has 0 aromatic carbocycles. The zero-order valence-corrected chi connectivity index (χ0v) is 7.44. The first-order valence-corrected chi connectivity index (χ1v) is 5.00. The SMILES string of the molecule is CC(C)C(C#N)CS(C)=O. The molecule has 0 rings (SSSR count). The van der Waals surface area contributed by atoms with Gasteiger partial charge in [0.05, 0.1) is 12.0 Å². The second kappa shape index (κ2) is 4.45. The fourth-order valence-corrected chi connectivity index (χ4v) is 1.60. The third-order valence-corrected chi connectivity index (χ3v) is 2.21. The summed E-state index contributed by atoms with van der Waals surface area (Å²) in [6.45, 7) is 3.95. The van der Waals surface area contributed by atoms with Crippen molar-refractivity contribution in [3.63, 3.8) is 0 Å². The predicted molar refractivity (Wildman–Crippen MR) is 42.9 cm³/mol. The Morgan fingerprint density at radius 2 is 2.10 bits per heavy atom. The lowest BCUT2D eigenvalue weighted by molar-refractivity contribution is 0.517. The predicted octanol–water partition coefficient (Wildman–Crippen LogP) is 1.16. The Balaban J connectivity index is 3.87. The minimum Gasteiger partial charge on any atom is -0.260 e. The Kier molecular flexibility index (Phi) is 4.29. The molecule has 0 aromatic heterocycles. The van der Waals surface area contributed by atoms with Crippen molar-refractivity contribution in [3.05, 3.63) is 0 Å². The third kappa shape index (κ3) is 3.62. The maximum absolute atomic E-state index is 10.7. The van der Waals surface area contributed by atoms with E-state index in [0.29, 0.717) is 11.7 Å². The highest BCUT2D eigenvalue weighted by atomic mass is 32.2. The third-order valence-electron chi connectivity index (χ3n) is 1.38. The lowest BCUT2D eigenvalue weighted by atomic mass is 10.0. The monoisotopic (exact) mass is 159 g/mol. The first-order chi connectivity index (χ1) is 4.57. The van der Waals surface area contributed by atoms with Gasteiger partial charge in [0, 0.05) is 22.8 Å². The van der Waals surface area contributed by atoms with Crippen LogP contribution in [0.2, 0.25) is 0 Å². The molecule has 3 heteroatoms. The quantitative estimate of drug-likeness (QED) is 0.620. The van der Waals surface area contributed by atoms with Crippen LogP contribution in [0.5, 0.6) is 0 Å². The summed E-state index contributed by atoms with van der Waals surface area (Å²) < 4.78 is 10.7. The van der Waals surface area contributed by atoms with Crippen LogP contribution in [0.4, 0.5) is 0 Å². The van der Waals surface area contributed by atoms with Crippen LogP contribution in [0.15, 0.2) is 0 Å². The summed E-state index contributed by atoms with van der Waals surface area (Å²) in [6, 6.07) is 2.14. The van der Waals surface area contributed by atoms with Crippen LogP contribution in [0, 0.1) is 23.2 Å². The van der Waals surface area contributed by atoms with Gasteiger partial charge in [0.2, 0.25) is 0 Å². The van der Waals surface area contributed by atoms with Crippen molar-refractivity contribution in [2.75, 3.05) is 12.0 Å². The van der Waals surface area contributed by atoms with Crippen LogP contribution in [0.1, 0.15) is 13.8 Å². The smallest absolute Gasteiger partial charge is 0.0668 e. The summed E-state index contributed by atoms with van der Waals surface area (Å²) in [5.74, 6) is 0.772. The van der Waals surface area contributed by atoms with Gasteiger partial charge in [-0.05, 0) is 5.92 Å². The molecule has 0 spiro atoms. The molecular weight excluding hydrogens is 146 g/mol. The fourth-order valence-electron chi connectivity index (χ4n) is 0.632. The Morgan fingerprint density at radius 3 is 2.20 bits per heavy atom. The second-order valence-corrected chi connectivity index (χ2v) is 4.20. The van der Waals surface area contributed by atoms with E-state index >= 15 is 0 Å². The van der Waals surface area contributed by atoms with Gasteiger partial charge in [-0.15, -0.1) is 0 Å². The molecule has 0 aliphatic carbocycles. The number of hydrogen-bond donors (Lipinski definition) is 0. The first kappa shape index (κ1) is 9.64. The number of nitrogens with zero attached hydrogens (tertiary/aromatic N) is 1. The Hall–Kier alpha value is -0.360. The molecule has 0 radical (unpaired) electrons. The molecule has 0 aliphatic rings. The molecule has 0 N–H and O–H groups in total. The van der Waals surface area contributed by atoms with Gasteiger partial charge in [-0.1, -0.05) is 13.8 Å². The number of rotatable bonds is 3. The highest BCUT2D eigenvalue weighted by Crippen LogP contribution is 2.09. The van der Waals surface area contributed by atoms with E-state index in [2.05, 4.69) is 6.07 Å². The standard InChI is InChI=1S/C7H13NOS/c1-6(2)7(4-8)5-10(3)9/h6-7H,5H2,1-3H3. The van der Waals surface area contributed by atoms with E-state index in [1.165, 1.54) is 0 Å². The maximum atomic E-state index is 10.7. The average molecular weight is 159 g/mol. The molecule has 0 aliphatic heterocycles. The van der Waals surface area contributed by atoms with Crippen LogP contribution >= 0.6 is 0 Å². The van der Waals surface area contributed by atoms with E-state index in [-0.39, 0.29) is 5.92 Å². The van der Waals surface area contributed by atoms with E-state index in [1.54, 1.807) is 6.26 Å². The summed E-state index contributed by atoms with van der Waals surface area (Å²) in [4.78, 5) is 0. The van der Waals surface area contributed by atoms with Crippen molar-refractivity contribution in [1.82, 2.24) is 0 Å². The molecule has 10 heavy (non-hydrogen) atoms. The normalized spacial score (nSPS) is 16.3. The van der Waals surface area contributed by atoms with Gasteiger partial charge < -0.3 is 0 Å². The molecule has 2 nitrogen and oxygen atoms in total. The van der Waals surface area contributed by atoms with Gasteiger partial charge in [-0.25, -0.2) is 0 Å². The first-order valence-electron chi connectivity index (χ1n) is 3.27. The van der Waals surface area contributed by atoms with Gasteiger partial charge >= 0.3 is 0 Å². The largest absolute Gasteiger partial charge is 0.260 e. The second-order valence-electron chi connectivity index (χ2n) is 2.72. The van der Waals surface area contributed by atoms with Gasteiger partial charge in [-0.2, -0.15) is 5.26 Å². The minimum atomic E-state index is -0.839. The van der Waals surface area contributed by atoms with Gasteiger partial charge in [-0.3, -0.25) is 4.21 Å². The van der Waals surface area contributed by atoms with Gasteiger partial charge in [0.15, 0.2) is 0 Å². The zero-order chi connectivity index (χ0) is 8.15. The Bertz CT molecular complexity index is 159. The van der Waals surface area contributed by atoms with Crippen molar-refractivity contribution < 1.29 is 4.21 Å². The van der Waals surface area contributed by atoms with Gasteiger partial charge in [0.1, 0.15) is 0 Å². The minimum absolute atomic E-state index is 0.0502. The number of hydrogen-bond acceptors (Lipinski definition) is 2. The Morgan fingerprint density at radius 1 is 1.60 bits per heavy atom. The van der Waals surface area contributed by atoms with Crippen LogP contribution < -0.4 is 0 Å². The molecule has 0 heterocycles. The summed E-state index contributed by atoms with van der Waals surface area (Å²) in [7, 11) is -0.839. The van der Waals surface area contributed by atoms with Crippen molar-refractivity contribution in [1.29, 1.82) is 5.26 Å². The summed E-state index contributed by atoms with van der Waals surface area (Å²) in [5, 5.41) is 8.56. The number of nitriles is 1. The summed E-state index contributed by atoms with van der Waals surface area (Å²) >= 11 is 0. The molecule has 0 amide bonds. The van der Waals surface area contributed by atoms with E-state index < -0.39 is 10.8 Å². The van der Waals surface area contributed by atoms with Crippen molar-refractivity contribution in [2.24, 2.45) is 11.8 Å². The molecule has 0 aromatic rings. The van der Waals surface area contributed by atoms with Crippen LogP contribution in [0.3, 0.4) is 0 Å². The average Bonchev–Trinajstić information content (AvgIpc) is 1.81. The lowest BCUT2D eigenvalue weighted by Crippen LogP contribution is -2.14. The van der Waals surface area contributed by atoms with Crippen LogP contribution in [-0.2, 0) is 10.8 Å². The molecular formula is C7H13NOS. The molecule has 0 fully saturated rings. The molecule has 0 saturated carbocycles. The molecule has 58 valence electrons. The van der Waals surface area contributed by atoms with Crippen LogP contribution in [-0.4, -0.2) is 16.2 Å². The zero-order valence-electron chi connectivity index (χ0n) is 6.63. The highest BCUT2D eigenvalue weighted by molar-refractivity contribution is 7.84.